The van der Waals surface area contributed by atoms with Gasteiger partial charge in [0.25, 0.3) is 0 Å². The third-order valence-corrected chi connectivity index (χ3v) is 7.97. The molecule has 6 heteroatoms. The maximum absolute atomic E-state index is 12.8. The van der Waals surface area contributed by atoms with Crippen LogP contribution in [0.2, 0.25) is 0 Å². The highest BCUT2D eigenvalue weighted by Gasteiger charge is 2.14. The topological polar surface area (TPSA) is 70.5 Å². The monoisotopic (exact) mass is 610 g/mol. The molecule has 1 heterocycles. The molecule has 0 N–H and O–H groups in total. The van der Waals surface area contributed by atoms with E-state index in [1.165, 1.54) is 77.0 Å². The van der Waals surface area contributed by atoms with Crippen molar-refractivity contribution in [3.63, 3.8) is 0 Å². The zero-order chi connectivity index (χ0) is 31.5. The standard InChI is InChI=1S/C39H50N2O4/c1-3-5-7-9-11-12-14-16-29-43-33-21-17-31(18-22-33)38-40-36-27-19-32(20-28-37(36)41-38)39(42)45-35-25-23-34(24-26-35)44-30-15-13-10-8-6-4-2/h17-28H,3-16,29-30H2,1-2H3. The first-order valence-electron chi connectivity index (χ1n) is 17.1. The van der Waals surface area contributed by atoms with Gasteiger partial charge in [-0.2, -0.15) is 0 Å². The second kappa shape index (κ2) is 19.5. The van der Waals surface area contributed by atoms with Gasteiger partial charge in [-0.25, -0.2) is 14.8 Å². The molecule has 0 spiro atoms. The summed E-state index contributed by atoms with van der Waals surface area (Å²) in [6.07, 6.45) is 17.7. The first kappa shape index (κ1) is 34.0. The van der Waals surface area contributed by atoms with Gasteiger partial charge in [-0.15, -0.1) is 0 Å². The van der Waals surface area contributed by atoms with Crippen LogP contribution in [0.5, 0.6) is 17.2 Å². The number of rotatable bonds is 21. The molecular formula is C39H50N2O4. The van der Waals surface area contributed by atoms with Crippen molar-refractivity contribution in [3.05, 3.63) is 78.4 Å². The first-order valence-corrected chi connectivity index (χ1v) is 17.1. The molecule has 0 bridgehead atoms. The van der Waals surface area contributed by atoms with Gasteiger partial charge in [0.2, 0.25) is 0 Å². The number of hydrogen-bond acceptors (Lipinski definition) is 6. The number of carbonyl (C=O) groups excluding carboxylic acids is 1. The van der Waals surface area contributed by atoms with E-state index in [4.69, 9.17) is 24.2 Å². The highest BCUT2D eigenvalue weighted by atomic mass is 16.5. The van der Waals surface area contributed by atoms with Gasteiger partial charge in [0, 0.05) is 5.56 Å². The molecule has 2 aromatic carbocycles. The molecule has 1 aliphatic heterocycles. The first-order chi connectivity index (χ1) is 22.2. The number of fused-ring (bicyclic) bond motifs is 1. The van der Waals surface area contributed by atoms with E-state index in [1.54, 1.807) is 24.3 Å². The highest BCUT2D eigenvalue weighted by molar-refractivity contribution is 5.91. The van der Waals surface area contributed by atoms with Crippen LogP contribution in [0.25, 0.3) is 22.8 Å². The molecule has 6 nitrogen and oxygen atoms in total. The predicted octanol–water partition coefficient (Wildman–Crippen LogP) is 10.7. The zero-order valence-corrected chi connectivity index (χ0v) is 27.3. The molecule has 45 heavy (non-hydrogen) atoms. The molecule has 0 unspecified atom stereocenters. The molecule has 2 aliphatic rings. The maximum Gasteiger partial charge on any atom is 0.343 e. The minimum absolute atomic E-state index is 0.428. The van der Waals surface area contributed by atoms with Gasteiger partial charge in [0.15, 0.2) is 5.82 Å². The number of hydrogen-bond donors (Lipinski definition) is 0. The van der Waals surface area contributed by atoms with Gasteiger partial charge in [0.1, 0.15) is 17.2 Å². The van der Waals surface area contributed by atoms with Crippen LogP contribution in [0.1, 0.15) is 114 Å². The number of esters is 1. The smallest absolute Gasteiger partial charge is 0.343 e. The lowest BCUT2D eigenvalue weighted by atomic mass is 10.1. The quantitative estimate of drug-likeness (QED) is 0.0531. The van der Waals surface area contributed by atoms with Crippen molar-refractivity contribution in [2.45, 2.75) is 104 Å². The van der Waals surface area contributed by atoms with Crippen molar-refractivity contribution in [1.82, 2.24) is 9.97 Å². The summed E-state index contributed by atoms with van der Waals surface area (Å²) in [5.41, 5.74) is 2.78. The van der Waals surface area contributed by atoms with E-state index in [1.807, 2.05) is 48.5 Å². The number of aromatic nitrogens is 2. The van der Waals surface area contributed by atoms with Crippen LogP contribution in [-0.2, 0) is 0 Å². The molecule has 2 aromatic rings. The van der Waals surface area contributed by atoms with Gasteiger partial charge in [-0.1, -0.05) is 90.9 Å². The summed E-state index contributed by atoms with van der Waals surface area (Å²) in [6, 6.07) is 22.2. The number of ether oxygens (including phenoxy) is 3. The van der Waals surface area contributed by atoms with Crippen LogP contribution in [-0.4, -0.2) is 29.2 Å². The molecule has 0 atom stereocenters. The maximum atomic E-state index is 12.8. The Morgan fingerprint density at radius 3 is 1.42 bits per heavy atom. The van der Waals surface area contributed by atoms with E-state index in [0.717, 1.165) is 36.5 Å². The SMILES string of the molecule is CCCCCCCCCCOc1ccc(-c2nc3ccc(C(=O)Oc4ccc(OCCCCCCCC)cc4)ccc-3n2)cc1. The Labute approximate surface area is 269 Å². The summed E-state index contributed by atoms with van der Waals surface area (Å²) in [6.45, 7) is 5.92. The molecule has 0 fully saturated rings. The van der Waals surface area contributed by atoms with Crippen LogP contribution < -0.4 is 14.2 Å². The van der Waals surface area contributed by atoms with Gasteiger partial charge < -0.3 is 14.2 Å². The van der Waals surface area contributed by atoms with E-state index in [2.05, 4.69) is 13.8 Å². The molecule has 0 radical (unpaired) electrons. The van der Waals surface area contributed by atoms with Crippen LogP contribution in [0, 0.1) is 0 Å². The van der Waals surface area contributed by atoms with Crippen molar-refractivity contribution in [2.75, 3.05) is 13.2 Å². The average molecular weight is 611 g/mol. The largest absolute Gasteiger partial charge is 0.494 e. The molecule has 0 saturated carbocycles. The van der Waals surface area contributed by atoms with Crippen LogP contribution in [0.4, 0.5) is 0 Å². The van der Waals surface area contributed by atoms with Crippen molar-refractivity contribution in [2.24, 2.45) is 0 Å². The molecule has 0 saturated heterocycles. The third kappa shape index (κ3) is 11.8. The number of imidazole rings is 1. The Morgan fingerprint density at radius 1 is 0.511 bits per heavy atom. The normalized spacial score (nSPS) is 11.1. The fraction of sp³-hybridized carbons (Fsp3) is 0.462. The summed E-state index contributed by atoms with van der Waals surface area (Å²) in [7, 11) is 0. The lowest BCUT2D eigenvalue weighted by molar-refractivity contribution is 0.0734. The van der Waals surface area contributed by atoms with Gasteiger partial charge >= 0.3 is 5.97 Å². The predicted molar refractivity (Wildman–Crippen MR) is 182 cm³/mol. The van der Waals surface area contributed by atoms with Gasteiger partial charge in [0.05, 0.1) is 30.2 Å². The molecule has 240 valence electrons. The summed E-state index contributed by atoms with van der Waals surface area (Å²) in [5.74, 6) is 2.33. The zero-order valence-electron chi connectivity index (χ0n) is 27.3. The van der Waals surface area contributed by atoms with Gasteiger partial charge in [-0.3, -0.25) is 0 Å². The van der Waals surface area contributed by atoms with E-state index in [0.29, 0.717) is 35.1 Å². The van der Waals surface area contributed by atoms with E-state index in [-0.39, 0.29) is 0 Å². The summed E-state index contributed by atoms with van der Waals surface area (Å²) < 4.78 is 17.4. The van der Waals surface area contributed by atoms with Crippen molar-refractivity contribution in [1.29, 1.82) is 0 Å². The minimum Gasteiger partial charge on any atom is -0.494 e. The fourth-order valence-electron chi connectivity index (χ4n) is 5.24. The van der Waals surface area contributed by atoms with E-state index < -0.39 is 5.97 Å². The Morgan fingerprint density at radius 2 is 0.933 bits per heavy atom. The third-order valence-electron chi connectivity index (χ3n) is 7.97. The number of unbranched alkanes of at least 4 members (excludes halogenated alkanes) is 12. The Bertz CT molecular complexity index is 1340. The fourth-order valence-corrected chi connectivity index (χ4v) is 5.24. The van der Waals surface area contributed by atoms with Crippen molar-refractivity contribution in [3.8, 4) is 40.0 Å². The lowest BCUT2D eigenvalue weighted by Gasteiger charge is -2.08. The van der Waals surface area contributed by atoms with Crippen molar-refractivity contribution < 1.29 is 19.0 Å². The van der Waals surface area contributed by atoms with Gasteiger partial charge in [-0.05, 0) is 85.6 Å². The molecular weight excluding hydrogens is 560 g/mol. The van der Waals surface area contributed by atoms with Crippen LogP contribution in [0.3, 0.4) is 0 Å². The summed E-state index contributed by atoms with van der Waals surface area (Å²) in [5, 5.41) is 0. The highest BCUT2D eigenvalue weighted by Crippen LogP contribution is 2.27. The minimum atomic E-state index is -0.434. The summed E-state index contributed by atoms with van der Waals surface area (Å²) in [4.78, 5) is 22.2. The molecule has 0 amide bonds. The Balaban J connectivity index is 1.22. The second-order valence-corrected chi connectivity index (χ2v) is 11.8. The summed E-state index contributed by atoms with van der Waals surface area (Å²) >= 11 is 0. The number of nitrogens with zero attached hydrogens (tertiary/aromatic N) is 2. The van der Waals surface area contributed by atoms with Crippen LogP contribution >= 0.6 is 0 Å². The van der Waals surface area contributed by atoms with Crippen LogP contribution in [0.15, 0.2) is 72.8 Å². The number of carbonyl (C=O) groups is 1. The molecule has 0 aromatic heterocycles. The Kier molecular flexibility index (Phi) is 14.7. The van der Waals surface area contributed by atoms with E-state index >= 15 is 0 Å². The Hall–Kier alpha value is -3.93. The number of benzene rings is 2. The molecule has 1 aliphatic carbocycles. The van der Waals surface area contributed by atoms with E-state index in [9.17, 15) is 4.79 Å². The molecule has 4 rings (SSSR count). The lowest BCUT2D eigenvalue weighted by Crippen LogP contribution is -2.07. The van der Waals surface area contributed by atoms with Crippen molar-refractivity contribution >= 4 is 5.97 Å². The second-order valence-electron chi connectivity index (χ2n) is 11.8. The average Bonchev–Trinajstić information content (AvgIpc) is 3.36.